The second-order valence-corrected chi connectivity index (χ2v) is 6.50. The van der Waals surface area contributed by atoms with Gasteiger partial charge in [-0.15, -0.1) is 0 Å². The van der Waals surface area contributed by atoms with Crippen molar-refractivity contribution in [3.05, 3.63) is 36.2 Å². The molecule has 3 aliphatic rings. The van der Waals surface area contributed by atoms with E-state index in [1.807, 2.05) is 71.9 Å². The van der Waals surface area contributed by atoms with Crippen molar-refractivity contribution < 1.29 is 0 Å². The lowest BCUT2D eigenvalue weighted by Crippen LogP contribution is -2.27. The molecule has 0 saturated carbocycles. The summed E-state index contributed by atoms with van der Waals surface area (Å²) in [6.45, 7) is 0. The molecular weight excluding hydrogens is 332 g/mol. The van der Waals surface area contributed by atoms with Gasteiger partial charge < -0.3 is 29.6 Å². The van der Waals surface area contributed by atoms with Crippen molar-refractivity contribution in [3.8, 4) is 0 Å². The highest BCUT2D eigenvalue weighted by Crippen LogP contribution is 2.25. The number of imidazole rings is 2. The van der Waals surface area contributed by atoms with Gasteiger partial charge in [0.15, 0.2) is 0 Å². The van der Waals surface area contributed by atoms with Gasteiger partial charge in [-0.1, -0.05) is 0 Å². The molecule has 2 aromatic heterocycles. The normalized spacial score (nSPS) is 17.8. The largest absolute Gasteiger partial charge is 0.322 e. The van der Waals surface area contributed by atoms with Gasteiger partial charge in [0.2, 0.25) is 23.8 Å². The Bertz CT molecular complexity index is 963. The molecule has 2 aromatic rings. The summed E-state index contributed by atoms with van der Waals surface area (Å²) in [5.74, 6) is 2.61. The zero-order valence-corrected chi connectivity index (χ0v) is 14.9. The van der Waals surface area contributed by atoms with Crippen LogP contribution in [0, 0.1) is 0 Å². The smallest absolute Gasteiger partial charge is 0.233 e. The Labute approximate surface area is 149 Å². The predicted octanol–water partition coefficient (Wildman–Crippen LogP) is 0.509. The first-order valence-electron chi connectivity index (χ1n) is 8.16. The van der Waals surface area contributed by atoms with Crippen LogP contribution in [0.15, 0.2) is 34.8 Å². The van der Waals surface area contributed by atoms with E-state index in [1.54, 1.807) is 0 Å². The predicted molar refractivity (Wildman–Crippen MR) is 98.4 cm³/mol. The average molecular weight is 350 g/mol. The van der Waals surface area contributed by atoms with Crippen molar-refractivity contribution in [2.75, 3.05) is 14.1 Å². The number of aryl methyl sites for hydroxylation is 2. The Hall–Kier alpha value is -3.56. The van der Waals surface area contributed by atoms with Gasteiger partial charge in [0.25, 0.3) is 0 Å². The summed E-state index contributed by atoms with van der Waals surface area (Å²) in [5, 5.41) is 6.62. The molecule has 5 heterocycles. The van der Waals surface area contributed by atoms with Gasteiger partial charge in [-0.2, -0.15) is 9.98 Å². The highest BCUT2D eigenvalue weighted by Gasteiger charge is 2.24. The van der Waals surface area contributed by atoms with Crippen LogP contribution in [0.25, 0.3) is 11.4 Å². The Morgan fingerprint density at radius 3 is 1.54 bits per heavy atom. The molecule has 10 heteroatoms. The molecule has 0 aromatic carbocycles. The van der Waals surface area contributed by atoms with Crippen LogP contribution in [0.3, 0.4) is 0 Å². The van der Waals surface area contributed by atoms with Crippen LogP contribution in [0.1, 0.15) is 11.4 Å². The number of fused-ring (bicyclic) bond motifs is 10. The van der Waals surface area contributed by atoms with Crippen molar-refractivity contribution >= 4 is 35.2 Å². The lowest BCUT2D eigenvalue weighted by Gasteiger charge is -2.09. The molecule has 0 fully saturated rings. The highest BCUT2D eigenvalue weighted by molar-refractivity contribution is 5.97. The SMILES string of the molecule is CN1C=C2NC1=Nc1nc(cn1C)C1=CN(C)C(=Nc3nc2cn3C)N1. The fourth-order valence-corrected chi connectivity index (χ4v) is 3.04. The number of hydrogen-bond donors (Lipinski definition) is 2. The third-order valence-corrected chi connectivity index (χ3v) is 4.47. The maximum absolute atomic E-state index is 4.66. The third kappa shape index (κ3) is 2.11. The summed E-state index contributed by atoms with van der Waals surface area (Å²) >= 11 is 0. The molecule has 132 valence electrons. The van der Waals surface area contributed by atoms with Gasteiger partial charge in [0, 0.05) is 53.0 Å². The lowest BCUT2D eigenvalue weighted by molar-refractivity contribution is 0.691. The first kappa shape index (κ1) is 14.8. The standard InChI is InChI=1S/C16H18N10/c1-23-5-9-10-6-25(3)15(18-10)22-16-20-12(8-26(16)4)11-7-24(2)14(19-11)21-13(23)17-9/h5-8H,1-4H3,(H,17,19,21)(H,18,20,22). The minimum Gasteiger partial charge on any atom is -0.322 e. The van der Waals surface area contributed by atoms with E-state index >= 15 is 0 Å². The van der Waals surface area contributed by atoms with Crippen LogP contribution in [-0.2, 0) is 14.1 Å². The van der Waals surface area contributed by atoms with Crippen molar-refractivity contribution in [2.24, 2.45) is 24.1 Å². The molecule has 0 unspecified atom stereocenters. The van der Waals surface area contributed by atoms with Gasteiger partial charge in [0.05, 0.1) is 11.4 Å². The number of rotatable bonds is 0. The summed E-state index contributed by atoms with van der Waals surface area (Å²) in [5.41, 5.74) is 3.34. The Kier molecular flexibility index (Phi) is 2.82. The van der Waals surface area contributed by atoms with Crippen LogP contribution >= 0.6 is 0 Å². The first-order valence-corrected chi connectivity index (χ1v) is 8.16. The van der Waals surface area contributed by atoms with E-state index in [-0.39, 0.29) is 0 Å². The minimum absolute atomic E-state index is 0.610. The maximum Gasteiger partial charge on any atom is 0.233 e. The average Bonchev–Trinajstić information content (AvgIpc) is 3.32. The van der Waals surface area contributed by atoms with Crippen LogP contribution in [-0.4, -0.2) is 54.9 Å². The van der Waals surface area contributed by atoms with Gasteiger partial charge in [-0.3, -0.25) is 0 Å². The molecule has 0 saturated heterocycles. The van der Waals surface area contributed by atoms with E-state index in [0.29, 0.717) is 23.8 Å². The summed E-state index contributed by atoms with van der Waals surface area (Å²) in [7, 11) is 7.73. The number of aromatic nitrogens is 4. The second-order valence-electron chi connectivity index (χ2n) is 6.50. The lowest BCUT2D eigenvalue weighted by atomic mass is 10.4. The number of hydrogen-bond acceptors (Lipinski definition) is 8. The van der Waals surface area contributed by atoms with E-state index in [0.717, 1.165) is 22.8 Å². The number of nitrogens with zero attached hydrogens (tertiary/aromatic N) is 8. The molecule has 0 aliphatic carbocycles. The van der Waals surface area contributed by atoms with Crippen molar-refractivity contribution in [1.29, 1.82) is 0 Å². The van der Waals surface area contributed by atoms with Crippen LogP contribution < -0.4 is 10.6 Å². The second kappa shape index (κ2) is 4.97. The number of guanidine groups is 2. The van der Waals surface area contributed by atoms with E-state index in [9.17, 15) is 0 Å². The van der Waals surface area contributed by atoms with Crippen molar-refractivity contribution in [2.45, 2.75) is 0 Å². The molecular formula is C16H18N10. The summed E-state index contributed by atoms with van der Waals surface area (Å²) < 4.78 is 3.79. The molecule has 0 atom stereocenters. The first-order chi connectivity index (χ1) is 12.5. The molecule has 2 N–H and O–H groups in total. The van der Waals surface area contributed by atoms with Gasteiger partial charge >= 0.3 is 0 Å². The van der Waals surface area contributed by atoms with E-state index in [4.69, 9.17) is 0 Å². The van der Waals surface area contributed by atoms with Crippen molar-refractivity contribution in [1.82, 2.24) is 39.5 Å². The Balaban J connectivity index is 1.71. The number of aliphatic imine (C=N–C) groups is 2. The zero-order valence-electron chi connectivity index (χ0n) is 14.9. The zero-order chi connectivity index (χ0) is 18.0. The Morgan fingerprint density at radius 2 is 1.12 bits per heavy atom. The summed E-state index contributed by atoms with van der Waals surface area (Å²) in [6, 6.07) is 0. The van der Waals surface area contributed by atoms with E-state index in [1.165, 1.54) is 0 Å². The third-order valence-electron chi connectivity index (χ3n) is 4.47. The van der Waals surface area contributed by atoms with E-state index in [2.05, 4.69) is 30.6 Å². The summed E-state index contributed by atoms with van der Waals surface area (Å²) in [4.78, 5) is 22.5. The van der Waals surface area contributed by atoms with Gasteiger partial charge in [-0.25, -0.2) is 9.97 Å². The summed E-state index contributed by atoms with van der Waals surface area (Å²) in [6.07, 6.45) is 7.80. The van der Waals surface area contributed by atoms with Crippen LogP contribution in [0.2, 0.25) is 0 Å². The molecule has 3 aliphatic heterocycles. The molecule has 10 nitrogen and oxygen atoms in total. The molecule has 5 rings (SSSR count). The quantitative estimate of drug-likeness (QED) is 0.719. The topological polar surface area (TPSA) is 90.9 Å². The van der Waals surface area contributed by atoms with Crippen molar-refractivity contribution in [3.63, 3.8) is 0 Å². The van der Waals surface area contributed by atoms with Gasteiger partial charge in [-0.05, 0) is 0 Å². The monoisotopic (exact) mass is 350 g/mol. The van der Waals surface area contributed by atoms with Crippen LogP contribution in [0.5, 0.6) is 0 Å². The fraction of sp³-hybridized carbons (Fsp3) is 0.250. The minimum atomic E-state index is 0.610. The molecule has 0 amide bonds. The molecule has 8 bridgehead atoms. The van der Waals surface area contributed by atoms with Crippen LogP contribution in [0.4, 0.5) is 11.9 Å². The molecule has 0 spiro atoms. The Morgan fingerprint density at radius 1 is 0.692 bits per heavy atom. The fourth-order valence-electron chi connectivity index (χ4n) is 3.04. The highest BCUT2D eigenvalue weighted by atomic mass is 15.4. The number of nitrogens with one attached hydrogen (secondary N) is 2. The molecule has 26 heavy (non-hydrogen) atoms. The molecule has 0 radical (unpaired) electrons. The maximum atomic E-state index is 4.66. The van der Waals surface area contributed by atoms with Gasteiger partial charge in [0.1, 0.15) is 11.4 Å². The van der Waals surface area contributed by atoms with E-state index < -0.39 is 0 Å².